The number of aliphatic imine (C=N–C) groups is 2. The van der Waals surface area contributed by atoms with Gasteiger partial charge < -0.3 is 4.42 Å². The van der Waals surface area contributed by atoms with E-state index in [4.69, 9.17) is 14.4 Å². The number of hydrogen-bond donors (Lipinski definition) is 0. The maximum Gasteiger partial charge on any atom is 0.155 e. The van der Waals surface area contributed by atoms with Gasteiger partial charge in [0.2, 0.25) is 0 Å². The Balaban J connectivity index is 0.916. The summed E-state index contributed by atoms with van der Waals surface area (Å²) in [6.45, 7) is 0. The van der Waals surface area contributed by atoms with Crippen LogP contribution in [0, 0.1) is 5.92 Å². The van der Waals surface area contributed by atoms with E-state index in [1.807, 2.05) is 6.07 Å². The predicted octanol–water partition coefficient (Wildman–Crippen LogP) is 13.4. The molecule has 9 aromatic rings. The molecule has 0 radical (unpaired) electrons. The van der Waals surface area contributed by atoms with Crippen molar-refractivity contribution >= 4 is 33.5 Å². The summed E-state index contributed by atoms with van der Waals surface area (Å²) in [4.78, 5) is 10.6. The van der Waals surface area contributed by atoms with Crippen molar-refractivity contribution in [2.24, 2.45) is 15.9 Å². The molecule has 2 aliphatic carbocycles. The van der Waals surface area contributed by atoms with Crippen LogP contribution in [0.5, 0.6) is 0 Å². The molecule has 1 aliphatic heterocycles. The van der Waals surface area contributed by atoms with E-state index in [9.17, 15) is 0 Å². The van der Waals surface area contributed by atoms with Crippen LogP contribution in [0.2, 0.25) is 0 Å². The van der Waals surface area contributed by atoms with E-state index < -0.39 is 0 Å². The molecular weight excluding hydrogens is 705 g/mol. The first-order valence-corrected chi connectivity index (χ1v) is 20.3. The molecule has 8 aromatic carbocycles. The van der Waals surface area contributed by atoms with Crippen LogP contribution >= 0.6 is 0 Å². The van der Waals surface area contributed by atoms with Crippen LogP contribution < -0.4 is 0 Å². The maximum atomic E-state index is 6.84. The number of rotatable bonds is 7. The Hall–Kier alpha value is -7.10. The average molecular weight is 743 g/mol. The van der Waals surface area contributed by atoms with Crippen molar-refractivity contribution in [1.29, 1.82) is 0 Å². The van der Waals surface area contributed by atoms with E-state index in [0.29, 0.717) is 0 Å². The summed E-state index contributed by atoms with van der Waals surface area (Å²) >= 11 is 0. The molecule has 58 heavy (non-hydrogen) atoms. The van der Waals surface area contributed by atoms with Gasteiger partial charge in [0.15, 0.2) is 5.84 Å². The summed E-state index contributed by atoms with van der Waals surface area (Å²) in [5.74, 6) is 1.28. The van der Waals surface area contributed by atoms with Crippen molar-refractivity contribution in [3.05, 3.63) is 228 Å². The topological polar surface area (TPSA) is 37.9 Å². The van der Waals surface area contributed by atoms with Gasteiger partial charge in [-0.15, -0.1) is 0 Å². The lowest BCUT2D eigenvalue weighted by molar-refractivity contribution is 0.659. The van der Waals surface area contributed by atoms with Crippen molar-refractivity contribution in [1.82, 2.24) is 0 Å². The Morgan fingerprint density at radius 2 is 1.14 bits per heavy atom. The monoisotopic (exact) mass is 742 g/mol. The lowest BCUT2D eigenvalue weighted by Gasteiger charge is -2.21. The molecule has 0 spiro atoms. The van der Waals surface area contributed by atoms with E-state index in [2.05, 4.69) is 188 Å². The molecule has 0 amide bonds. The van der Waals surface area contributed by atoms with Crippen LogP contribution in [0.3, 0.4) is 0 Å². The second-order valence-electron chi connectivity index (χ2n) is 16.0. The fraction of sp³-hybridized carbons (Fsp3) is 0.0909. The summed E-state index contributed by atoms with van der Waals surface area (Å²) < 4.78 is 6.84. The van der Waals surface area contributed by atoms with Gasteiger partial charge in [-0.3, -0.25) is 4.99 Å². The normalized spacial score (nSPS) is 19.0. The number of fused-ring (bicyclic) bond motifs is 7. The van der Waals surface area contributed by atoms with Crippen LogP contribution in [0.4, 0.5) is 0 Å². The summed E-state index contributed by atoms with van der Waals surface area (Å²) in [6, 6.07) is 69.9. The van der Waals surface area contributed by atoms with Gasteiger partial charge in [-0.25, -0.2) is 4.99 Å². The van der Waals surface area contributed by atoms with Gasteiger partial charge in [-0.2, -0.15) is 0 Å². The zero-order valence-corrected chi connectivity index (χ0v) is 31.8. The fourth-order valence-electron chi connectivity index (χ4n) is 9.98. The minimum absolute atomic E-state index is 0.226. The van der Waals surface area contributed by atoms with Gasteiger partial charge >= 0.3 is 0 Å². The molecule has 3 unspecified atom stereocenters. The van der Waals surface area contributed by atoms with Gasteiger partial charge in [0, 0.05) is 28.2 Å². The van der Waals surface area contributed by atoms with Crippen molar-refractivity contribution in [2.75, 3.05) is 0 Å². The first-order valence-electron chi connectivity index (χ1n) is 20.3. The highest BCUT2D eigenvalue weighted by molar-refractivity contribution is 6.17. The first-order chi connectivity index (χ1) is 28.7. The number of amidine groups is 1. The Morgan fingerprint density at radius 1 is 0.517 bits per heavy atom. The summed E-state index contributed by atoms with van der Waals surface area (Å²) in [5, 5.41) is 2.32. The molecule has 3 nitrogen and oxygen atoms in total. The average Bonchev–Trinajstić information content (AvgIpc) is 3.81. The van der Waals surface area contributed by atoms with Gasteiger partial charge in [0.25, 0.3) is 0 Å². The van der Waals surface area contributed by atoms with Crippen LogP contribution in [0.25, 0.3) is 55.3 Å². The number of para-hydroxylation sites is 1. The molecule has 1 aromatic heterocycles. The SMILES string of the molecule is c1ccc(C2=NC3(c4ccc(-c5cccc6oc7c(CC8c9ccccc9-c9c(-c%10ccccc%10)cccc98)cccc7c56)cc4)CC3C(c3ccccc3)=N2)cc1. The highest BCUT2D eigenvalue weighted by Gasteiger charge is 2.60. The molecule has 3 atom stereocenters. The minimum atomic E-state index is -0.320. The molecule has 3 heteroatoms. The maximum absolute atomic E-state index is 6.84. The Kier molecular flexibility index (Phi) is 7.40. The van der Waals surface area contributed by atoms with E-state index in [1.165, 1.54) is 61.2 Å². The molecule has 0 bridgehead atoms. The summed E-state index contributed by atoms with van der Waals surface area (Å²) in [7, 11) is 0. The summed E-state index contributed by atoms with van der Waals surface area (Å²) in [6.07, 6.45) is 1.80. The molecular formula is C55H38N2O. The third-order valence-electron chi connectivity index (χ3n) is 12.8. The molecule has 3 aliphatic rings. The standard InChI is InChI=1S/C55H38N2O/c1-4-15-35(16-5-1)41-24-13-26-45-47(43-22-10-11-23-44(43)50(41)45)33-39-21-12-27-46-51-42(25-14-28-49(51)58-53(39)46)36-29-31-40(32-30-36)55-34-48(55)52(37-17-6-2-7-18-37)56-54(57-55)38-19-8-3-9-20-38/h1-32,47-48H,33-34H2. The highest BCUT2D eigenvalue weighted by atomic mass is 16.3. The lowest BCUT2D eigenvalue weighted by atomic mass is 9.88. The van der Waals surface area contributed by atoms with Crippen molar-refractivity contribution in [3.63, 3.8) is 0 Å². The largest absolute Gasteiger partial charge is 0.456 e. The molecule has 0 N–H and O–H groups in total. The fourth-order valence-corrected chi connectivity index (χ4v) is 9.98. The van der Waals surface area contributed by atoms with E-state index in [0.717, 1.165) is 51.9 Å². The van der Waals surface area contributed by atoms with E-state index in [1.54, 1.807) is 0 Å². The smallest absolute Gasteiger partial charge is 0.155 e. The highest BCUT2D eigenvalue weighted by Crippen LogP contribution is 2.59. The molecule has 2 heterocycles. The van der Waals surface area contributed by atoms with Crippen LogP contribution in [-0.4, -0.2) is 11.5 Å². The number of furan rings is 1. The van der Waals surface area contributed by atoms with Crippen LogP contribution in [0.1, 0.15) is 45.7 Å². The predicted molar refractivity (Wildman–Crippen MR) is 238 cm³/mol. The number of nitrogens with zero attached hydrogens (tertiary/aromatic N) is 2. The second kappa shape index (κ2) is 13.0. The zero-order chi connectivity index (χ0) is 38.2. The quantitative estimate of drug-likeness (QED) is 0.160. The summed E-state index contributed by atoms with van der Waals surface area (Å²) in [5.41, 5.74) is 17.7. The molecule has 1 fully saturated rings. The number of hydrogen-bond acceptors (Lipinski definition) is 3. The Bertz CT molecular complexity index is 3110. The molecule has 1 saturated carbocycles. The van der Waals surface area contributed by atoms with Crippen LogP contribution in [0.15, 0.2) is 209 Å². The van der Waals surface area contributed by atoms with Gasteiger partial charge in [-0.1, -0.05) is 188 Å². The third kappa shape index (κ3) is 5.13. The zero-order valence-electron chi connectivity index (χ0n) is 31.8. The van der Waals surface area contributed by atoms with Gasteiger partial charge in [0.1, 0.15) is 11.2 Å². The lowest BCUT2D eigenvalue weighted by Crippen LogP contribution is -2.22. The van der Waals surface area contributed by atoms with Crippen LogP contribution in [-0.2, 0) is 12.0 Å². The first kappa shape index (κ1) is 33.1. The minimum Gasteiger partial charge on any atom is -0.456 e. The van der Waals surface area contributed by atoms with E-state index >= 15 is 0 Å². The number of benzene rings is 8. The Morgan fingerprint density at radius 3 is 1.93 bits per heavy atom. The molecule has 0 saturated heterocycles. The third-order valence-corrected chi connectivity index (χ3v) is 12.8. The van der Waals surface area contributed by atoms with Crippen molar-refractivity contribution < 1.29 is 4.42 Å². The van der Waals surface area contributed by atoms with Gasteiger partial charge in [-0.05, 0) is 80.1 Å². The molecule has 274 valence electrons. The molecule has 12 rings (SSSR count). The second-order valence-corrected chi connectivity index (χ2v) is 16.0. The van der Waals surface area contributed by atoms with Gasteiger partial charge in [0.05, 0.1) is 11.3 Å². The van der Waals surface area contributed by atoms with Crippen molar-refractivity contribution in [3.8, 4) is 33.4 Å². The van der Waals surface area contributed by atoms with E-state index in [-0.39, 0.29) is 17.4 Å². The Labute approximate surface area is 337 Å². The van der Waals surface area contributed by atoms with Crippen molar-refractivity contribution in [2.45, 2.75) is 24.3 Å².